The first-order chi connectivity index (χ1) is 7.18. The Hall–Kier alpha value is -1.75. The van der Waals surface area contributed by atoms with E-state index in [1.165, 1.54) is 0 Å². The third kappa shape index (κ3) is 0.979. The first-order valence-electron chi connectivity index (χ1n) is 4.37. The highest BCUT2D eigenvalue weighted by Gasteiger charge is 2.17. The smallest absolute Gasteiger partial charge is 0.371 e. The molecule has 0 amide bonds. The average Bonchev–Trinajstić information content (AvgIpc) is 2.85. The largest absolute Gasteiger partial charge is 0.475 e. The summed E-state index contributed by atoms with van der Waals surface area (Å²) in [5.41, 5.74) is 1.49. The minimum Gasteiger partial charge on any atom is -0.475 e. The third-order valence-electron chi connectivity index (χ3n) is 2.48. The van der Waals surface area contributed by atoms with E-state index in [2.05, 4.69) is 0 Å². The first kappa shape index (κ1) is 8.55. The molecule has 0 aliphatic heterocycles. The number of hydrogen-bond acceptors (Lipinski definition) is 3. The highest BCUT2D eigenvalue weighted by atomic mass is 32.1. The van der Waals surface area contributed by atoms with Gasteiger partial charge in [-0.3, -0.25) is 0 Å². The van der Waals surface area contributed by atoms with E-state index in [9.17, 15) is 4.79 Å². The molecule has 0 aliphatic carbocycles. The van der Waals surface area contributed by atoms with E-state index in [0.717, 1.165) is 15.7 Å². The predicted molar refractivity (Wildman–Crippen MR) is 57.5 cm³/mol. The molecule has 0 bridgehead atoms. The average molecular weight is 221 g/mol. The third-order valence-corrected chi connectivity index (χ3v) is 3.47. The van der Waals surface area contributed by atoms with Gasteiger partial charge in [0, 0.05) is 13.1 Å². The molecule has 1 N–H and O–H groups in total. The van der Waals surface area contributed by atoms with Crippen LogP contribution in [0.3, 0.4) is 0 Å². The van der Waals surface area contributed by atoms with Crippen LogP contribution in [0.4, 0.5) is 0 Å². The zero-order valence-corrected chi connectivity index (χ0v) is 8.67. The van der Waals surface area contributed by atoms with Crippen molar-refractivity contribution in [1.29, 1.82) is 0 Å². The van der Waals surface area contributed by atoms with E-state index >= 15 is 0 Å². The Morgan fingerprint density at radius 3 is 3.13 bits per heavy atom. The van der Waals surface area contributed by atoms with Crippen molar-refractivity contribution in [3.05, 3.63) is 23.3 Å². The fourth-order valence-electron chi connectivity index (χ4n) is 1.77. The van der Waals surface area contributed by atoms with Crippen molar-refractivity contribution in [3.8, 4) is 0 Å². The standard InChI is InChI=1S/C10H7NO3S/c1-11-6-4-7(10(12)13)14-8(6)5-2-3-15-9(5)11/h2-4H,1H3,(H,12,13). The second-order valence-corrected chi connectivity index (χ2v) is 4.22. The Morgan fingerprint density at radius 1 is 1.60 bits per heavy atom. The van der Waals surface area contributed by atoms with Gasteiger partial charge in [0.1, 0.15) is 4.83 Å². The van der Waals surface area contributed by atoms with Crippen molar-refractivity contribution in [2.24, 2.45) is 7.05 Å². The fraction of sp³-hybridized carbons (Fsp3) is 0.100. The van der Waals surface area contributed by atoms with Crippen LogP contribution in [-0.4, -0.2) is 15.6 Å². The van der Waals surface area contributed by atoms with E-state index in [1.807, 2.05) is 23.1 Å². The molecule has 0 fully saturated rings. The molecule has 3 heterocycles. The summed E-state index contributed by atoms with van der Waals surface area (Å²) in [5.74, 6) is -1.04. The van der Waals surface area contributed by atoms with Gasteiger partial charge in [0.2, 0.25) is 5.76 Å². The Kier molecular flexibility index (Phi) is 1.50. The predicted octanol–water partition coefficient (Wildman–Crippen LogP) is 2.68. The van der Waals surface area contributed by atoms with Crippen LogP contribution >= 0.6 is 11.3 Å². The highest BCUT2D eigenvalue weighted by Crippen LogP contribution is 2.33. The maximum Gasteiger partial charge on any atom is 0.371 e. The maximum atomic E-state index is 10.8. The number of carboxylic acids is 1. The summed E-state index contributed by atoms with van der Waals surface area (Å²) in [4.78, 5) is 11.9. The van der Waals surface area contributed by atoms with Gasteiger partial charge >= 0.3 is 5.97 Å². The van der Waals surface area contributed by atoms with E-state index in [4.69, 9.17) is 9.52 Å². The highest BCUT2D eigenvalue weighted by molar-refractivity contribution is 7.17. The van der Waals surface area contributed by atoms with Gasteiger partial charge in [-0.25, -0.2) is 4.79 Å². The van der Waals surface area contributed by atoms with Gasteiger partial charge in [-0.2, -0.15) is 0 Å². The number of aromatic carboxylic acids is 1. The van der Waals surface area contributed by atoms with Crippen molar-refractivity contribution < 1.29 is 14.3 Å². The van der Waals surface area contributed by atoms with Gasteiger partial charge in [0.05, 0.1) is 10.9 Å². The van der Waals surface area contributed by atoms with Gasteiger partial charge in [0.25, 0.3) is 0 Å². The zero-order valence-electron chi connectivity index (χ0n) is 7.85. The summed E-state index contributed by atoms with van der Waals surface area (Å²) in [5, 5.41) is 11.8. The maximum absolute atomic E-state index is 10.8. The monoisotopic (exact) mass is 221 g/mol. The molecule has 3 rings (SSSR count). The second kappa shape index (κ2) is 2.64. The van der Waals surface area contributed by atoms with Crippen LogP contribution in [0, 0.1) is 0 Å². The minimum absolute atomic E-state index is 0.0105. The van der Waals surface area contributed by atoms with Crippen molar-refractivity contribution >= 4 is 38.6 Å². The zero-order chi connectivity index (χ0) is 10.6. The second-order valence-electron chi connectivity index (χ2n) is 3.33. The summed E-state index contributed by atoms with van der Waals surface area (Å²) in [6.45, 7) is 0. The lowest BCUT2D eigenvalue weighted by Crippen LogP contribution is -1.92. The number of carboxylic acid groups (broad SMARTS) is 1. The van der Waals surface area contributed by atoms with Crippen LogP contribution < -0.4 is 0 Å². The Labute approximate surface area is 88.3 Å². The Morgan fingerprint density at radius 2 is 2.40 bits per heavy atom. The molecule has 15 heavy (non-hydrogen) atoms. The van der Waals surface area contributed by atoms with Crippen LogP contribution in [-0.2, 0) is 7.05 Å². The molecule has 0 unspecified atom stereocenters. The quantitative estimate of drug-likeness (QED) is 0.687. The molecule has 4 nitrogen and oxygen atoms in total. The number of aryl methyl sites for hydroxylation is 1. The van der Waals surface area contributed by atoms with E-state index in [0.29, 0.717) is 5.58 Å². The van der Waals surface area contributed by atoms with Gasteiger partial charge in [0.15, 0.2) is 5.58 Å². The fourth-order valence-corrected chi connectivity index (χ4v) is 2.65. The summed E-state index contributed by atoms with van der Waals surface area (Å²) < 4.78 is 7.26. The normalized spacial score (nSPS) is 11.5. The topological polar surface area (TPSA) is 55.4 Å². The lowest BCUT2D eigenvalue weighted by molar-refractivity contribution is 0.0665. The van der Waals surface area contributed by atoms with Gasteiger partial charge in [-0.1, -0.05) is 0 Å². The van der Waals surface area contributed by atoms with Crippen molar-refractivity contribution in [2.75, 3.05) is 0 Å². The number of furan rings is 1. The van der Waals surface area contributed by atoms with Gasteiger partial charge in [-0.15, -0.1) is 11.3 Å². The molecule has 0 spiro atoms. The molecule has 0 aromatic carbocycles. The molecule has 76 valence electrons. The molecule has 0 atom stereocenters. The van der Waals surface area contributed by atoms with Crippen LogP contribution in [0.5, 0.6) is 0 Å². The van der Waals surface area contributed by atoms with Crippen molar-refractivity contribution in [3.63, 3.8) is 0 Å². The number of aromatic nitrogens is 1. The molecular weight excluding hydrogens is 214 g/mol. The summed E-state index contributed by atoms with van der Waals surface area (Å²) in [7, 11) is 1.91. The number of fused-ring (bicyclic) bond motifs is 3. The van der Waals surface area contributed by atoms with Crippen LogP contribution in [0.2, 0.25) is 0 Å². The summed E-state index contributed by atoms with van der Waals surface area (Å²) in [6.07, 6.45) is 0. The Bertz CT molecular complexity index is 673. The Balaban J connectivity index is 2.49. The molecular formula is C10H7NO3S. The van der Waals surface area contributed by atoms with Crippen LogP contribution in [0.1, 0.15) is 10.6 Å². The van der Waals surface area contributed by atoms with Crippen LogP contribution in [0.25, 0.3) is 21.3 Å². The summed E-state index contributed by atoms with van der Waals surface area (Å²) >= 11 is 1.61. The summed E-state index contributed by atoms with van der Waals surface area (Å²) in [6, 6.07) is 3.50. The molecule has 3 aromatic heterocycles. The van der Waals surface area contributed by atoms with E-state index in [-0.39, 0.29) is 5.76 Å². The number of hydrogen-bond donors (Lipinski definition) is 1. The SMILES string of the molecule is Cn1c2cc(C(=O)O)oc2c2ccsc21. The van der Waals surface area contributed by atoms with Gasteiger partial charge < -0.3 is 14.1 Å². The number of rotatable bonds is 1. The van der Waals surface area contributed by atoms with Crippen molar-refractivity contribution in [2.45, 2.75) is 0 Å². The lowest BCUT2D eigenvalue weighted by atomic mass is 10.4. The molecule has 0 radical (unpaired) electrons. The lowest BCUT2D eigenvalue weighted by Gasteiger charge is -1.90. The number of thiophene rings is 1. The van der Waals surface area contributed by atoms with E-state index < -0.39 is 5.97 Å². The molecule has 3 aromatic rings. The van der Waals surface area contributed by atoms with Crippen molar-refractivity contribution in [1.82, 2.24) is 4.57 Å². The first-order valence-corrected chi connectivity index (χ1v) is 5.25. The number of nitrogens with zero attached hydrogens (tertiary/aromatic N) is 1. The molecule has 0 saturated heterocycles. The minimum atomic E-state index is -1.03. The van der Waals surface area contributed by atoms with Gasteiger partial charge in [-0.05, 0) is 11.4 Å². The molecule has 5 heteroatoms. The van der Waals surface area contributed by atoms with Crippen LogP contribution in [0.15, 0.2) is 21.9 Å². The molecule has 0 saturated carbocycles. The molecule has 0 aliphatic rings. The van der Waals surface area contributed by atoms with E-state index in [1.54, 1.807) is 17.4 Å². The number of carbonyl (C=O) groups is 1.